The highest BCUT2D eigenvalue weighted by molar-refractivity contribution is 9.10. The monoisotopic (exact) mass is 266 g/mol. The number of benzene rings is 1. The van der Waals surface area contributed by atoms with Gasteiger partial charge in [-0.1, -0.05) is 35.3 Å². The van der Waals surface area contributed by atoms with Crippen LogP contribution in [0.4, 0.5) is 0 Å². The maximum Gasteiger partial charge on any atom is 0.164 e. The van der Waals surface area contributed by atoms with Gasteiger partial charge in [0.1, 0.15) is 0 Å². The topological polar surface area (TPSA) is 17.1 Å². The molecule has 15 heavy (non-hydrogen) atoms. The predicted octanol–water partition coefficient (Wildman–Crippen LogP) is 3.92. The second-order valence-electron chi connectivity index (χ2n) is 4.14. The molecule has 80 valence electrons. The zero-order valence-electron chi connectivity index (χ0n) is 8.98. The van der Waals surface area contributed by atoms with Gasteiger partial charge in [0.2, 0.25) is 0 Å². The number of halogens is 1. The Morgan fingerprint density at radius 1 is 1.33 bits per heavy atom. The number of hydrogen-bond donors (Lipinski definition) is 0. The summed E-state index contributed by atoms with van der Waals surface area (Å²) in [6.45, 7) is 2.20. The van der Waals surface area contributed by atoms with Crippen LogP contribution in [-0.2, 0) is 12.8 Å². The van der Waals surface area contributed by atoms with Gasteiger partial charge in [0.25, 0.3) is 0 Å². The summed E-state index contributed by atoms with van der Waals surface area (Å²) in [5.41, 5.74) is 3.52. The first-order valence-corrected chi connectivity index (χ1v) is 6.36. The van der Waals surface area contributed by atoms with Crippen molar-refractivity contribution < 1.29 is 4.79 Å². The fourth-order valence-corrected chi connectivity index (χ4v) is 2.90. The Morgan fingerprint density at radius 2 is 2.13 bits per heavy atom. The molecule has 1 aliphatic rings. The maximum atomic E-state index is 11.6. The number of Topliss-reactive ketones (excluding diaryl/α,β-unsaturated/α-hetero) is 1. The quantitative estimate of drug-likeness (QED) is 0.811. The highest BCUT2D eigenvalue weighted by Gasteiger charge is 2.22. The van der Waals surface area contributed by atoms with Crippen molar-refractivity contribution in [1.82, 2.24) is 0 Å². The van der Waals surface area contributed by atoms with Crippen LogP contribution >= 0.6 is 15.9 Å². The number of unbranched alkanes of at least 4 members (excludes halogenated alkanes) is 1. The summed E-state index contributed by atoms with van der Waals surface area (Å²) in [7, 11) is 0. The SMILES string of the molecule is CCCCc1cc(Br)c2c(c1)CCC2=O. The molecule has 0 unspecified atom stereocenters. The molecule has 0 fully saturated rings. The Morgan fingerprint density at radius 3 is 2.87 bits per heavy atom. The fourth-order valence-electron chi connectivity index (χ4n) is 2.13. The summed E-state index contributed by atoms with van der Waals surface area (Å²) in [5, 5.41) is 0. The molecular weight excluding hydrogens is 252 g/mol. The van der Waals surface area contributed by atoms with Crippen LogP contribution in [0.15, 0.2) is 16.6 Å². The van der Waals surface area contributed by atoms with E-state index in [2.05, 4.69) is 35.0 Å². The highest BCUT2D eigenvalue weighted by Crippen LogP contribution is 2.30. The van der Waals surface area contributed by atoms with E-state index < -0.39 is 0 Å². The van der Waals surface area contributed by atoms with Crippen molar-refractivity contribution in [3.8, 4) is 0 Å². The molecule has 2 heteroatoms. The number of fused-ring (bicyclic) bond motifs is 1. The van der Waals surface area contributed by atoms with E-state index >= 15 is 0 Å². The molecular formula is C13H15BrO. The van der Waals surface area contributed by atoms with Gasteiger partial charge in [-0.25, -0.2) is 0 Å². The van der Waals surface area contributed by atoms with Gasteiger partial charge in [0.05, 0.1) is 0 Å². The van der Waals surface area contributed by atoms with Gasteiger partial charge >= 0.3 is 0 Å². The number of aryl methyl sites for hydroxylation is 2. The second kappa shape index (κ2) is 4.48. The standard InChI is InChI=1S/C13H15BrO/c1-2-3-4-9-7-10-5-6-12(15)13(10)11(14)8-9/h7-8H,2-6H2,1H3. The average molecular weight is 267 g/mol. The zero-order chi connectivity index (χ0) is 10.8. The molecule has 1 aromatic rings. The van der Waals surface area contributed by atoms with E-state index in [4.69, 9.17) is 0 Å². The Labute approximate surface area is 99.0 Å². The molecule has 0 atom stereocenters. The molecule has 0 saturated heterocycles. The van der Waals surface area contributed by atoms with E-state index in [0.717, 1.165) is 22.9 Å². The predicted molar refractivity (Wildman–Crippen MR) is 65.4 cm³/mol. The van der Waals surface area contributed by atoms with Gasteiger partial charge in [-0.05, 0) is 36.5 Å². The Balaban J connectivity index is 2.31. The van der Waals surface area contributed by atoms with Gasteiger partial charge in [-0.3, -0.25) is 4.79 Å². The minimum absolute atomic E-state index is 0.291. The second-order valence-corrected chi connectivity index (χ2v) is 4.99. The maximum absolute atomic E-state index is 11.6. The molecule has 0 radical (unpaired) electrons. The first-order chi connectivity index (χ1) is 7.22. The first kappa shape index (κ1) is 10.9. The van der Waals surface area contributed by atoms with Crippen molar-refractivity contribution in [1.29, 1.82) is 0 Å². The number of rotatable bonds is 3. The van der Waals surface area contributed by atoms with Crippen molar-refractivity contribution in [3.63, 3.8) is 0 Å². The molecule has 2 rings (SSSR count). The lowest BCUT2D eigenvalue weighted by Gasteiger charge is -2.06. The van der Waals surface area contributed by atoms with Crippen molar-refractivity contribution >= 4 is 21.7 Å². The molecule has 0 spiro atoms. The summed E-state index contributed by atoms with van der Waals surface area (Å²) in [6.07, 6.45) is 5.17. The molecule has 0 aliphatic heterocycles. The van der Waals surface area contributed by atoms with Crippen LogP contribution in [0.2, 0.25) is 0 Å². The molecule has 1 nitrogen and oxygen atoms in total. The minimum atomic E-state index is 0.291. The van der Waals surface area contributed by atoms with Gasteiger partial charge in [-0.2, -0.15) is 0 Å². The molecule has 0 N–H and O–H groups in total. The molecule has 0 amide bonds. The lowest BCUT2D eigenvalue weighted by Crippen LogP contribution is -1.95. The number of carbonyl (C=O) groups is 1. The zero-order valence-corrected chi connectivity index (χ0v) is 10.6. The molecule has 0 bridgehead atoms. The smallest absolute Gasteiger partial charge is 0.164 e. The third kappa shape index (κ3) is 2.15. The molecule has 0 saturated carbocycles. The third-order valence-electron chi connectivity index (χ3n) is 2.95. The van der Waals surface area contributed by atoms with Gasteiger partial charge in [0, 0.05) is 16.5 Å². The van der Waals surface area contributed by atoms with Crippen molar-refractivity contribution in [3.05, 3.63) is 33.3 Å². The Hall–Kier alpha value is -0.630. The summed E-state index contributed by atoms with van der Waals surface area (Å²) >= 11 is 3.51. The minimum Gasteiger partial charge on any atom is -0.294 e. The average Bonchev–Trinajstić information content (AvgIpc) is 2.58. The van der Waals surface area contributed by atoms with Gasteiger partial charge in [0.15, 0.2) is 5.78 Å². The number of hydrogen-bond acceptors (Lipinski definition) is 1. The van der Waals surface area contributed by atoms with E-state index in [1.54, 1.807) is 0 Å². The molecule has 1 aliphatic carbocycles. The van der Waals surface area contributed by atoms with Gasteiger partial charge < -0.3 is 0 Å². The third-order valence-corrected chi connectivity index (χ3v) is 3.58. The number of carbonyl (C=O) groups excluding carboxylic acids is 1. The van der Waals surface area contributed by atoms with Crippen LogP contribution in [-0.4, -0.2) is 5.78 Å². The number of ketones is 1. The summed E-state index contributed by atoms with van der Waals surface area (Å²) in [5.74, 6) is 0.291. The lowest BCUT2D eigenvalue weighted by atomic mass is 10.0. The molecule has 1 aromatic carbocycles. The summed E-state index contributed by atoms with van der Waals surface area (Å²) in [4.78, 5) is 11.6. The van der Waals surface area contributed by atoms with Crippen LogP contribution in [0.1, 0.15) is 47.7 Å². The fraction of sp³-hybridized carbons (Fsp3) is 0.462. The van der Waals surface area contributed by atoms with Crippen LogP contribution < -0.4 is 0 Å². The molecule has 0 heterocycles. The normalized spacial score (nSPS) is 14.4. The van der Waals surface area contributed by atoms with Crippen LogP contribution in [0.25, 0.3) is 0 Å². The van der Waals surface area contributed by atoms with E-state index in [9.17, 15) is 4.79 Å². The first-order valence-electron chi connectivity index (χ1n) is 5.57. The van der Waals surface area contributed by atoms with Crippen LogP contribution in [0.3, 0.4) is 0 Å². The largest absolute Gasteiger partial charge is 0.294 e. The van der Waals surface area contributed by atoms with E-state index in [-0.39, 0.29) is 0 Å². The van der Waals surface area contributed by atoms with E-state index in [1.807, 2.05) is 0 Å². The Bertz CT molecular complexity index is 396. The highest BCUT2D eigenvalue weighted by atomic mass is 79.9. The lowest BCUT2D eigenvalue weighted by molar-refractivity contribution is 0.0994. The summed E-state index contributed by atoms with van der Waals surface area (Å²) < 4.78 is 0.994. The van der Waals surface area contributed by atoms with Crippen molar-refractivity contribution in [2.75, 3.05) is 0 Å². The van der Waals surface area contributed by atoms with Crippen LogP contribution in [0.5, 0.6) is 0 Å². The summed E-state index contributed by atoms with van der Waals surface area (Å²) in [6, 6.07) is 4.32. The van der Waals surface area contributed by atoms with Gasteiger partial charge in [-0.15, -0.1) is 0 Å². The van der Waals surface area contributed by atoms with Crippen molar-refractivity contribution in [2.45, 2.75) is 39.0 Å². The van der Waals surface area contributed by atoms with Crippen molar-refractivity contribution in [2.24, 2.45) is 0 Å². The molecule has 0 aromatic heterocycles. The van der Waals surface area contributed by atoms with E-state index in [0.29, 0.717) is 12.2 Å². The Kier molecular flexibility index (Phi) is 3.25. The van der Waals surface area contributed by atoms with E-state index in [1.165, 1.54) is 24.0 Å². The van der Waals surface area contributed by atoms with Crippen LogP contribution in [0, 0.1) is 0 Å².